The Bertz CT molecular complexity index is 1390. The minimum Gasteiger partial charge on any atom is -0.495 e. The highest BCUT2D eigenvalue weighted by Gasteiger charge is 2.23. The maximum Gasteiger partial charge on any atom is 0.248 e. The lowest BCUT2D eigenvalue weighted by Crippen LogP contribution is -2.30. The monoisotopic (exact) mass is 558 g/mol. The molecule has 3 aromatic carbocycles. The fraction of sp³-hybridized carbons (Fsp3) is 0.250. The summed E-state index contributed by atoms with van der Waals surface area (Å²) in [4.78, 5) is 12.8. The zero-order chi connectivity index (χ0) is 27.7. The van der Waals surface area contributed by atoms with Gasteiger partial charge in [-0.15, -0.1) is 0 Å². The molecule has 1 amide bonds. The van der Waals surface area contributed by atoms with Gasteiger partial charge in [-0.3, -0.25) is 4.79 Å². The number of ether oxygens (including phenoxy) is 3. The van der Waals surface area contributed by atoms with E-state index in [1.807, 2.05) is 12.1 Å². The second-order valence-electron chi connectivity index (χ2n) is 8.10. The quantitative estimate of drug-likeness (QED) is 0.290. The Kier molecular flexibility index (Phi) is 10.2. The standard InChI is InChI=1S/C28H31ClN2O6S/c1-5-31(6-2)38(33,34)23-13-15-25(35-3)24(18-23)30-28(32)16-10-20-9-14-26(27(17-20)36-4)37-19-21-7-11-22(29)12-8-21/h7-18H,5-6,19H2,1-4H3,(H,30,32)/b16-10+. The Morgan fingerprint density at radius 1 is 0.921 bits per heavy atom. The third kappa shape index (κ3) is 7.28. The first-order valence-corrected chi connectivity index (χ1v) is 13.8. The van der Waals surface area contributed by atoms with Crippen LogP contribution in [0.15, 0.2) is 71.6 Å². The average molecular weight is 559 g/mol. The number of nitrogens with one attached hydrogen (secondary N) is 1. The van der Waals surface area contributed by atoms with Crippen molar-refractivity contribution in [2.75, 3.05) is 32.6 Å². The van der Waals surface area contributed by atoms with Crippen LogP contribution < -0.4 is 19.5 Å². The van der Waals surface area contributed by atoms with Gasteiger partial charge in [-0.25, -0.2) is 8.42 Å². The molecule has 202 valence electrons. The van der Waals surface area contributed by atoms with Crippen LogP contribution in [0, 0.1) is 0 Å². The number of benzene rings is 3. The van der Waals surface area contributed by atoms with Crippen molar-refractivity contribution >= 4 is 39.3 Å². The average Bonchev–Trinajstić information content (AvgIpc) is 2.92. The Morgan fingerprint density at radius 3 is 2.21 bits per heavy atom. The SMILES string of the molecule is CCN(CC)S(=O)(=O)c1ccc(OC)c(NC(=O)/C=C/c2ccc(OCc3ccc(Cl)cc3)c(OC)c2)c1. The Balaban J connectivity index is 1.73. The highest BCUT2D eigenvalue weighted by Crippen LogP contribution is 2.31. The number of hydrogen-bond donors (Lipinski definition) is 1. The summed E-state index contributed by atoms with van der Waals surface area (Å²) in [5, 5.41) is 3.36. The van der Waals surface area contributed by atoms with Gasteiger partial charge in [0.2, 0.25) is 15.9 Å². The van der Waals surface area contributed by atoms with E-state index in [1.54, 1.807) is 50.3 Å². The Morgan fingerprint density at radius 2 is 1.58 bits per heavy atom. The summed E-state index contributed by atoms with van der Waals surface area (Å²) in [5.74, 6) is 0.953. The molecule has 0 aliphatic rings. The van der Waals surface area contributed by atoms with Crippen LogP contribution >= 0.6 is 11.6 Å². The van der Waals surface area contributed by atoms with Gasteiger partial charge in [0.05, 0.1) is 24.8 Å². The number of carbonyl (C=O) groups is 1. The van der Waals surface area contributed by atoms with Crippen LogP contribution in [0.1, 0.15) is 25.0 Å². The molecule has 0 aromatic heterocycles. The number of anilines is 1. The molecule has 10 heteroatoms. The molecule has 0 atom stereocenters. The van der Waals surface area contributed by atoms with Gasteiger partial charge in [0.1, 0.15) is 12.4 Å². The van der Waals surface area contributed by atoms with E-state index in [4.69, 9.17) is 25.8 Å². The lowest BCUT2D eigenvalue weighted by molar-refractivity contribution is -0.111. The van der Waals surface area contributed by atoms with Crippen molar-refractivity contribution in [3.63, 3.8) is 0 Å². The lowest BCUT2D eigenvalue weighted by atomic mass is 10.2. The fourth-order valence-corrected chi connectivity index (χ4v) is 5.26. The molecule has 1 N–H and O–H groups in total. The molecule has 38 heavy (non-hydrogen) atoms. The van der Waals surface area contributed by atoms with Crippen LogP contribution in [0.5, 0.6) is 17.2 Å². The number of halogens is 1. The van der Waals surface area contributed by atoms with E-state index >= 15 is 0 Å². The topological polar surface area (TPSA) is 94.2 Å². The summed E-state index contributed by atoms with van der Waals surface area (Å²) >= 11 is 5.93. The van der Waals surface area contributed by atoms with Crippen LogP contribution in [0.25, 0.3) is 6.08 Å². The number of hydrogen-bond acceptors (Lipinski definition) is 6. The summed E-state index contributed by atoms with van der Waals surface area (Å²) in [7, 11) is -0.715. The number of nitrogens with zero attached hydrogens (tertiary/aromatic N) is 1. The first-order valence-electron chi connectivity index (χ1n) is 11.9. The molecule has 0 bridgehead atoms. The molecule has 0 saturated carbocycles. The van der Waals surface area contributed by atoms with Crippen LogP contribution in [0.4, 0.5) is 5.69 Å². The van der Waals surface area contributed by atoms with Crippen molar-refractivity contribution in [3.8, 4) is 17.2 Å². The van der Waals surface area contributed by atoms with Crippen LogP contribution in [0.3, 0.4) is 0 Å². The van der Waals surface area contributed by atoms with Crippen molar-refractivity contribution in [2.24, 2.45) is 0 Å². The highest BCUT2D eigenvalue weighted by atomic mass is 35.5. The first kappa shape index (κ1) is 29.0. The summed E-state index contributed by atoms with van der Waals surface area (Å²) in [6, 6.07) is 17.0. The second kappa shape index (κ2) is 13.3. The number of carbonyl (C=O) groups excluding carboxylic acids is 1. The number of methoxy groups -OCH3 is 2. The van der Waals surface area contributed by atoms with E-state index < -0.39 is 15.9 Å². The van der Waals surface area contributed by atoms with Gasteiger partial charge in [-0.05, 0) is 59.7 Å². The molecule has 0 heterocycles. The van der Waals surface area contributed by atoms with Gasteiger partial charge in [0, 0.05) is 24.2 Å². The molecule has 3 rings (SSSR count). The normalized spacial score (nSPS) is 11.5. The van der Waals surface area contributed by atoms with E-state index in [9.17, 15) is 13.2 Å². The molecular formula is C28H31ClN2O6S. The molecule has 0 aliphatic carbocycles. The van der Waals surface area contributed by atoms with Gasteiger partial charge >= 0.3 is 0 Å². The smallest absolute Gasteiger partial charge is 0.248 e. The molecule has 0 aliphatic heterocycles. The van der Waals surface area contributed by atoms with E-state index in [-0.39, 0.29) is 10.6 Å². The van der Waals surface area contributed by atoms with Crippen LogP contribution in [-0.2, 0) is 21.4 Å². The molecule has 0 spiro atoms. The van der Waals surface area contributed by atoms with E-state index in [1.165, 1.54) is 42.8 Å². The van der Waals surface area contributed by atoms with Gasteiger partial charge in [-0.1, -0.05) is 43.6 Å². The Labute approximate surface area is 228 Å². The van der Waals surface area contributed by atoms with Crippen LogP contribution in [-0.4, -0.2) is 45.9 Å². The molecule has 0 radical (unpaired) electrons. The lowest BCUT2D eigenvalue weighted by Gasteiger charge is -2.19. The minimum atomic E-state index is -3.70. The first-order chi connectivity index (χ1) is 18.2. The van der Waals surface area contributed by atoms with Crippen molar-refractivity contribution in [3.05, 3.63) is 82.9 Å². The second-order valence-corrected chi connectivity index (χ2v) is 10.5. The largest absolute Gasteiger partial charge is 0.495 e. The van der Waals surface area contributed by atoms with Crippen molar-refractivity contribution in [2.45, 2.75) is 25.3 Å². The third-order valence-corrected chi connectivity index (χ3v) is 7.99. The summed E-state index contributed by atoms with van der Waals surface area (Å²) in [6.07, 6.45) is 2.96. The predicted octanol–water partition coefficient (Wildman–Crippen LogP) is 5.62. The molecule has 8 nitrogen and oxygen atoms in total. The van der Waals surface area contributed by atoms with Gasteiger partial charge in [-0.2, -0.15) is 4.31 Å². The summed E-state index contributed by atoms with van der Waals surface area (Å²) in [6.45, 7) is 4.56. The third-order valence-electron chi connectivity index (χ3n) is 5.69. The molecule has 0 unspecified atom stereocenters. The summed E-state index contributed by atoms with van der Waals surface area (Å²) < 4.78 is 43.8. The number of rotatable bonds is 12. The molecule has 3 aromatic rings. The van der Waals surface area contributed by atoms with E-state index in [0.29, 0.717) is 47.5 Å². The number of sulfonamides is 1. The molecule has 0 saturated heterocycles. The van der Waals surface area contributed by atoms with Gasteiger partial charge in [0.25, 0.3) is 0 Å². The zero-order valence-electron chi connectivity index (χ0n) is 21.7. The maximum atomic E-state index is 12.9. The molecule has 0 fully saturated rings. The van der Waals surface area contributed by atoms with Crippen LogP contribution in [0.2, 0.25) is 5.02 Å². The molecular weight excluding hydrogens is 528 g/mol. The van der Waals surface area contributed by atoms with Crippen molar-refractivity contribution in [1.82, 2.24) is 4.31 Å². The number of amides is 1. The Hall–Kier alpha value is -3.53. The maximum absolute atomic E-state index is 12.9. The zero-order valence-corrected chi connectivity index (χ0v) is 23.3. The highest BCUT2D eigenvalue weighted by molar-refractivity contribution is 7.89. The van der Waals surface area contributed by atoms with Crippen molar-refractivity contribution < 1.29 is 27.4 Å². The van der Waals surface area contributed by atoms with Crippen molar-refractivity contribution in [1.29, 1.82) is 0 Å². The van der Waals surface area contributed by atoms with Gasteiger partial charge in [0.15, 0.2) is 11.5 Å². The van der Waals surface area contributed by atoms with E-state index in [0.717, 1.165) is 5.56 Å². The minimum absolute atomic E-state index is 0.0696. The predicted molar refractivity (Wildman–Crippen MR) is 150 cm³/mol. The fourth-order valence-electron chi connectivity index (χ4n) is 3.65. The summed E-state index contributed by atoms with van der Waals surface area (Å²) in [5.41, 5.74) is 1.92. The van der Waals surface area contributed by atoms with Gasteiger partial charge < -0.3 is 19.5 Å². The van der Waals surface area contributed by atoms with E-state index in [2.05, 4.69) is 5.32 Å².